The summed E-state index contributed by atoms with van der Waals surface area (Å²) in [6, 6.07) is 2.80. The summed E-state index contributed by atoms with van der Waals surface area (Å²) in [5, 5.41) is 25.0. The van der Waals surface area contributed by atoms with Crippen LogP contribution in [0.1, 0.15) is 37.0 Å². The van der Waals surface area contributed by atoms with E-state index in [0.717, 1.165) is 44.1 Å². The van der Waals surface area contributed by atoms with Gasteiger partial charge in [0.25, 0.3) is 11.4 Å². The molecule has 9 nitrogen and oxygen atoms in total. The highest BCUT2D eigenvalue weighted by molar-refractivity contribution is 5.91. The minimum atomic E-state index is -0.801. The van der Waals surface area contributed by atoms with Crippen molar-refractivity contribution >= 4 is 17.3 Å². The highest BCUT2D eigenvalue weighted by Crippen LogP contribution is 2.31. The summed E-state index contributed by atoms with van der Waals surface area (Å²) in [6.07, 6.45) is 1.69. The van der Waals surface area contributed by atoms with E-state index in [4.69, 9.17) is 4.74 Å². The third kappa shape index (κ3) is 4.05. The molecule has 0 unspecified atom stereocenters. The standard InChI is InChI=1S/C15H19N3O6/c1-15(2,11-3-5-16-6-4-11)24-14(19)10-7-12(17(20)21)9-13(8-10)18(22)23/h7-9,11,16H,3-6H2,1-2H3. The predicted octanol–water partition coefficient (Wildman–Crippen LogP) is 2.44. The fraction of sp³-hybridized carbons (Fsp3) is 0.533. The van der Waals surface area contributed by atoms with Crippen LogP contribution in [0.2, 0.25) is 0 Å². The van der Waals surface area contributed by atoms with E-state index in [1.807, 2.05) is 0 Å². The smallest absolute Gasteiger partial charge is 0.339 e. The van der Waals surface area contributed by atoms with E-state index in [0.29, 0.717) is 0 Å². The highest BCUT2D eigenvalue weighted by atomic mass is 16.6. The van der Waals surface area contributed by atoms with Crippen LogP contribution in [0.4, 0.5) is 11.4 Å². The van der Waals surface area contributed by atoms with Crippen molar-refractivity contribution < 1.29 is 19.4 Å². The molecule has 2 rings (SSSR count). The second kappa shape index (κ2) is 6.91. The number of hydrogen-bond acceptors (Lipinski definition) is 7. The lowest BCUT2D eigenvalue weighted by molar-refractivity contribution is -0.394. The van der Waals surface area contributed by atoms with Crippen LogP contribution in [0, 0.1) is 26.1 Å². The lowest BCUT2D eigenvalue weighted by Crippen LogP contribution is -2.42. The molecule has 1 aliphatic rings. The molecule has 0 atom stereocenters. The van der Waals surface area contributed by atoms with E-state index in [1.165, 1.54) is 0 Å². The summed E-state index contributed by atoms with van der Waals surface area (Å²) in [5.41, 5.74) is -2.00. The molecule has 0 spiro atoms. The van der Waals surface area contributed by atoms with E-state index < -0.39 is 32.8 Å². The van der Waals surface area contributed by atoms with Crippen LogP contribution in [0.25, 0.3) is 0 Å². The number of ether oxygens (including phenoxy) is 1. The Morgan fingerprint density at radius 2 is 1.62 bits per heavy atom. The number of nitrogens with one attached hydrogen (secondary N) is 1. The fourth-order valence-corrected chi connectivity index (χ4v) is 2.82. The molecular formula is C15H19N3O6. The van der Waals surface area contributed by atoms with Crippen molar-refractivity contribution in [3.8, 4) is 0 Å². The number of nitro benzene ring substituents is 2. The van der Waals surface area contributed by atoms with Crippen LogP contribution in [0.15, 0.2) is 18.2 Å². The molecule has 0 radical (unpaired) electrons. The van der Waals surface area contributed by atoms with Gasteiger partial charge in [-0.15, -0.1) is 0 Å². The van der Waals surface area contributed by atoms with E-state index in [-0.39, 0.29) is 11.5 Å². The van der Waals surface area contributed by atoms with Gasteiger partial charge in [-0.3, -0.25) is 20.2 Å². The number of nitro groups is 2. The molecule has 0 aliphatic carbocycles. The zero-order valence-corrected chi connectivity index (χ0v) is 13.5. The number of nitrogens with zero attached hydrogens (tertiary/aromatic N) is 2. The average molecular weight is 337 g/mol. The molecule has 0 amide bonds. The molecule has 9 heteroatoms. The summed E-state index contributed by atoms with van der Waals surface area (Å²) in [5.74, 6) is -0.651. The van der Waals surface area contributed by atoms with Crippen molar-refractivity contribution in [3.63, 3.8) is 0 Å². The number of rotatable bonds is 5. The molecule has 0 bridgehead atoms. The van der Waals surface area contributed by atoms with Crippen molar-refractivity contribution in [2.75, 3.05) is 13.1 Å². The summed E-state index contributed by atoms with van der Waals surface area (Å²) < 4.78 is 5.52. The van der Waals surface area contributed by atoms with Gasteiger partial charge < -0.3 is 10.1 Å². The summed E-state index contributed by atoms with van der Waals surface area (Å²) in [6.45, 7) is 5.22. The second-order valence-corrected chi connectivity index (χ2v) is 6.27. The largest absolute Gasteiger partial charge is 0.456 e. The number of carbonyl (C=O) groups is 1. The van der Waals surface area contributed by atoms with Crippen LogP contribution in [0.3, 0.4) is 0 Å². The van der Waals surface area contributed by atoms with Crippen molar-refractivity contribution in [1.82, 2.24) is 5.32 Å². The molecule has 24 heavy (non-hydrogen) atoms. The van der Waals surface area contributed by atoms with Crippen molar-refractivity contribution in [3.05, 3.63) is 44.0 Å². The number of hydrogen-bond donors (Lipinski definition) is 1. The van der Waals surface area contributed by atoms with E-state index in [1.54, 1.807) is 13.8 Å². The monoisotopic (exact) mass is 337 g/mol. The Hall–Kier alpha value is -2.55. The molecule has 1 aromatic rings. The SMILES string of the molecule is CC(C)(OC(=O)c1cc([N+](=O)[O-])cc([N+](=O)[O-])c1)C1CCNCC1. The quantitative estimate of drug-likeness (QED) is 0.497. The molecule has 1 aromatic carbocycles. The molecule has 0 saturated carbocycles. The Balaban J connectivity index is 2.25. The van der Waals surface area contributed by atoms with Gasteiger partial charge in [0.2, 0.25) is 0 Å². The van der Waals surface area contributed by atoms with Gasteiger partial charge in [-0.1, -0.05) is 0 Å². The van der Waals surface area contributed by atoms with Gasteiger partial charge >= 0.3 is 5.97 Å². The Morgan fingerprint density at radius 1 is 1.12 bits per heavy atom. The van der Waals surface area contributed by atoms with Crippen LogP contribution in [-0.4, -0.2) is 34.5 Å². The van der Waals surface area contributed by atoms with Gasteiger partial charge in [0.05, 0.1) is 21.5 Å². The van der Waals surface area contributed by atoms with Gasteiger partial charge in [-0.2, -0.15) is 0 Å². The first-order valence-electron chi connectivity index (χ1n) is 7.58. The third-order valence-corrected chi connectivity index (χ3v) is 4.24. The maximum atomic E-state index is 12.4. The number of piperidine rings is 1. The zero-order valence-electron chi connectivity index (χ0n) is 13.5. The third-order valence-electron chi connectivity index (χ3n) is 4.24. The van der Waals surface area contributed by atoms with E-state index in [2.05, 4.69) is 5.32 Å². The summed E-state index contributed by atoms with van der Waals surface area (Å²) >= 11 is 0. The van der Waals surface area contributed by atoms with Gasteiger partial charge in [0, 0.05) is 18.1 Å². The predicted molar refractivity (Wildman–Crippen MR) is 84.8 cm³/mol. The van der Waals surface area contributed by atoms with Crippen molar-refractivity contribution in [1.29, 1.82) is 0 Å². The average Bonchev–Trinajstić information content (AvgIpc) is 2.54. The highest BCUT2D eigenvalue weighted by Gasteiger charge is 2.35. The first-order chi connectivity index (χ1) is 11.2. The first kappa shape index (κ1) is 17.8. The van der Waals surface area contributed by atoms with Crippen LogP contribution >= 0.6 is 0 Å². The Morgan fingerprint density at radius 3 is 2.08 bits per heavy atom. The van der Waals surface area contributed by atoms with Gasteiger partial charge in [0.15, 0.2) is 0 Å². The van der Waals surface area contributed by atoms with Crippen molar-refractivity contribution in [2.45, 2.75) is 32.3 Å². The number of non-ortho nitro benzene ring substituents is 2. The number of esters is 1. The topological polar surface area (TPSA) is 125 Å². The van der Waals surface area contributed by atoms with E-state index in [9.17, 15) is 25.0 Å². The van der Waals surface area contributed by atoms with Crippen LogP contribution in [-0.2, 0) is 4.74 Å². The maximum absolute atomic E-state index is 12.4. The second-order valence-electron chi connectivity index (χ2n) is 6.27. The molecule has 130 valence electrons. The van der Waals surface area contributed by atoms with Gasteiger partial charge in [0.1, 0.15) is 5.60 Å². The van der Waals surface area contributed by atoms with Gasteiger partial charge in [-0.25, -0.2) is 4.79 Å². The normalized spacial score (nSPS) is 15.8. The molecular weight excluding hydrogens is 318 g/mol. The molecule has 1 saturated heterocycles. The lowest BCUT2D eigenvalue weighted by atomic mass is 9.83. The molecule has 1 N–H and O–H groups in total. The summed E-state index contributed by atoms with van der Waals surface area (Å²) in [7, 11) is 0. The Labute approximate surface area is 138 Å². The Kier molecular flexibility index (Phi) is 5.13. The molecule has 0 aromatic heterocycles. The van der Waals surface area contributed by atoms with Crippen molar-refractivity contribution in [2.24, 2.45) is 5.92 Å². The first-order valence-corrected chi connectivity index (χ1v) is 7.58. The van der Waals surface area contributed by atoms with Crippen LogP contribution in [0.5, 0.6) is 0 Å². The zero-order chi connectivity index (χ0) is 17.9. The molecule has 1 heterocycles. The lowest BCUT2D eigenvalue weighted by Gasteiger charge is -2.36. The minimum Gasteiger partial charge on any atom is -0.456 e. The number of carbonyl (C=O) groups excluding carboxylic acids is 1. The van der Waals surface area contributed by atoms with E-state index >= 15 is 0 Å². The molecule has 1 fully saturated rings. The van der Waals surface area contributed by atoms with Gasteiger partial charge in [-0.05, 0) is 39.8 Å². The van der Waals surface area contributed by atoms with Crippen LogP contribution < -0.4 is 5.32 Å². The fourth-order valence-electron chi connectivity index (χ4n) is 2.82. The summed E-state index contributed by atoms with van der Waals surface area (Å²) in [4.78, 5) is 32.6. The Bertz CT molecular complexity index is 635. The number of benzene rings is 1. The molecule has 1 aliphatic heterocycles. The minimum absolute atomic E-state index is 0.149. The maximum Gasteiger partial charge on any atom is 0.339 e.